The molecule has 5 nitrogen and oxygen atoms in total. The Morgan fingerprint density at radius 2 is 2.05 bits per heavy atom. The number of hydrogen-bond acceptors (Lipinski definition) is 4. The van der Waals surface area contributed by atoms with E-state index < -0.39 is 0 Å². The molecule has 0 unspecified atom stereocenters. The summed E-state index contributed by atoms with van der Waals surface area (Å²) in [6.45, 7) is 4.40. The van der Waals surface area contributed by atoms with Crippen molar-refractivity contribution < 1.29 is 9.59 Å². The summed E-state index contributed by atoms with van der Waals surface area (Å²) in [4.78, 5) is 24.8. The van der Waals surface area contributed by atoms with E-state index in [0.29, 0.717) is 17.8 Å². The fourth-order valence-corrected chi connectivity index (χ4v) is 1.71. The quantitative estimate of drug-likeness (QED) is 0.601. The summed E-state index contributed by atoms with van der Waals surface area (Å²) in [6.07, 6.45) is 0.909. The largest absolute Gasteiger partial charge is 0.398 e. The van der Waals surface area contributed by atoms with Crippen molar-refractivity contribution in [2.75, 3.05) is 30.8 Å². The van der Waals surface area contributed by atoms with E-state index in [0.717, 1.165) is 12.1 Å². The number of Topliss-reactive ketones (excluding diaryl/α,β-unsaturated/α-hetero) is 1. The Morgan fingerprint density at radius 1 is 1.37 bits per heavy atom. The minimum atomic E-state index is -0.0804. The van der Waals surface area contributed by atoms with Gasteiger partial charge in [-0.15, -0.1) is 0 Å². The highest BCUT2D eigenvalue weighted by molar-refractivity contribution is 6.00. The van der Waals surface area contributed by atoms with Crippen LogP contribution in [0, 0.1) is 0 Å². The fraction of sp³-hybridized carbons (Fsp3) is 0.429. The molecule has 19 heavy (non-hydrogen) atoms. The van der Waals surface area contributed by atoms with Crippen molar-refractivity contribution in [3.63, 3.8) is 0 Å². The van der Waals surface area contributed by atoms with Gasteiger partial charge in [0.15, 0.2) is 5.78 Å². The number of nitrogens with two attached hydrogens (primary N) is 1. The molecule has 1 aromatic carbocycles. The summed E-state index contributed by atoms with van der Waals surface area (Å²) < 4.78 is 0. The van der Waals surface area contributed by atoms with Crippen LogP contribution in [0.5, 0.6) is 0 Å². The summed E-state index contributed by atoms with van der Waals surface area (Å²) >= 11 is 0. The van der Waals surface area contributed by atoms with Gasteiger partial charge in [0.1, 0.15) is 0 Å². The van der Waals surface area contributed by atoms with Gasteiger partial charge in [-0.1, -0.05) is 6.92 Å². The molecule has 0 fully saturated rings. The van der Waals surface area contributed by atoms with Gasteiger partial charge in [0.05, 0.1) is 6.54 Å². The van der Waals surface area contributed by atoms with Crippen molar-refractivity contribution in [3.8, 4) is 0 Å². The molecule has 1 rings (SSSR count). The van der Waals surface area contributed by atoms with Gasteiger partial charge in [-0.25, -0.2) is 0 Å². The number of nitrogen functional groups attached to an aromatic ring is 1. The van der Waals surface area contributed by atoms with E-state index in [9.17, 15) is 9.59 Å². The molecule has 0 spiro atoms. The summed E-state index contributed by atoms with van der Waals surface area (Å²) in [5, 5.41) is 2.81. The van der Waals surface area contributed by atoms with Crippen LogP contribution in [-0.4, -0.2) is 31.8 Å². The van der Waals surface area contributed by atoms with Crippen LogP contribution in [0.3, 0.4) is 0 Å². The highest BCUT2D eigenvalue weighted by Gasteiger charge is 2.10. The maximum Gasteiger partial charge on any atom is 0.239 e. The maximum atomic E-state index is 11.6. The van der Waals surface area contributed by atoms with Crippen molar-refractivity contribution in [1.82, 2.24) is 5.32 Å². The fourth-order valence-electron chi connectivity index (χ4n) is 1.71. The number of ketones is 1. The molecule has 0 bridgehead atoms. The maximum absolute atomic E-state index is 11.6. The van der Waals surface area contributed by atoms with Gasteiger partial charge < -0.3 is 16.0 Å². The average molecular weight is 263 g/mol. The van der Waals surface area contributed by atoms with Gasteiger partial charge >= 0.3 is 0 Å². The van der Waals surface area contributed by atoms with E-state index in [4.69, 9.17) is 5.73 Å². The normalized spacial score (nSPS) is 10.1. The first kappa shape index (κ1) is 15.0. The van der Waals surface area contributed by atoms with E-state index in [1.54, 1.807) is 30.1 Å². The van der Waals surface area contributed by atoms with Crippen LogP contribution in [0.4, 0.5) is 11.4 Å². The van der Waals surface area contributed by atoms with Crippen LogP contribution in [0.1, 0.15) is 30.6 Å². The van der Waals surface area contributed by atoms with E-state index in [2.05, 4.69) is 5.32 Å². The monoisotopic (exact) mass is 263 g/mol. The zero-order valence-corrected chi connectivity index (χ0v) is 11.7. The Morgan fingerprint density at radius 3 is 2.63 bits per heavy atom. The molecule has 0 saturated carbocycles. The molecule has 0 heterocycles. The first-order chi connectivity index (χ1) is 8.95. The lowest BCUT2D eigenvalue weighted by Gasteiger charge is -2.19. The number of nitrogens with zero attached hydrogens (tertiary/aromatic N) is 1. The predicted octanol–water partition coefficient (Wildman–Crippen LogP) is 1.43. The van der Waals surface area contributed by atoms with Gasteiger partial charge in [0.2, 0.25) is 5.91 Å². The SMILES string of the molecule is CCCNC(=O)CN(C)c1ccc(N)c(C(C)=O)c1. The summed E-state index contributed by atoms with van der Waals surface area (Å²) in [6, 6.07) is 5.20. The Labute approximate surface area is 113 Å². The molecule has 0 atom stereocenters. The second-order valence-corrected chi connectivity index (χ2v) is 4.53. The third-order valence-corrected chi connectivity index (χ3v) is 2.81. The number of likely N-dealkylation sites (N-methyl/N-ethyl adjacent to an activating group) is 1. The summed E-state index contributed by atoms with van der Waals surface area (Å²) in [7, 11) is 1.81. The number of hydrogen-bond donors (Lipinski definition) is 2. The minimum absolute atomic E-state index is 0.0365. The zero-order chi connectivity index (χ0) is 14.4. The van der Waals surface area contributed by atoms with E-state index in [-0.39, 0.29) is 18.2 Å². The van der Waals surface area contributed by atoms with Gasteiger partial charge in [-0.2, -0.15) is 0 Å². The number of nitrogens with one attached hydrogen (secondary N) is 1. The van der Waals surface area contributed by atoms with Crippen molar-refractivity contribution in [2.45, 2.75) is 20.3 Å². The zero-order valence-electron chi connectivity index (χ0n) is 11.7. The minimum Gasteiger partial charge on any atom is -0.398 e. The molecule has 1 amide bonds. The van der Waals surface area contributed by atoms with Crippen LogP contribution < -0.4 is 16.0 Å². The molecule has 0 saturated heterocycles. The van der Waals surface area contributed by atoms with Gasteiger partial charge in [-0.3, -0.25) is 9.59 Å². The molecule has 0 aliphatic heterocycles. The Balaban J connectivity index is 2.77. The second-order valence-electron chi connectivity index (χ2n) is 4.53. The lowest BCUT2D eigenvalue weighted by atomic mass is 10.1. The lowest BCUT2D eigenvalue weighted by molar-refractivity contribution is -0.119. The predicted molar refractivity (Wildman–Crippen MR) is 77.4 cm³/mol. The number of rotatable bonds is 6. The summed E-state index contributed by atoms with van der Waals surface area (Å²) in [5.74, 6) is -0.117. The standard InChI is InChI=1S/C14H21N3O2/c1-4-7-16-14(19)9-17(3)11-5-6-13(15)12(8-11)10(2)18/h5-6,8H,4,7,9,15H2,1-3H3,(H,16,19). The molecule has 1 aromatic rings. The number of carbonyl (C=O) groups excluding carboxylic acids is 2. The molecule has 5 heteroatoms. The van der Waals surface area contributed by atoms with Crippen LogP contribution in [0.25, 0.3) is 0 Å². The van der Waals surface area contributed by atoms with Crippen LogP contribution in [0.15, 0.2) is 18.2 Å². The van der Waals surface area contributed by atoms with Crippen LogP contribution in [0.2, 0.25) is 0 Å². The van der Waals surface area contributed by atoms with Crippen molar-refractivity contribution >= 4 is 23.1 Å². The number of benzene rings is 1. The van der Waals surface area contributed by atoms with E-state index >= 15 is 0 Å². The molecular weight excluding hydrogens is 242 g/mol. The summed E-state index contributed by atoms with van der Waals surface area (Å²) in [5.41, 5.74) is 7.48. The van der Waals surface area contributed by atoms with Crippen molar-refractivity contribution in [3.05, 3.63) is 23.8 Å². The topological polar surface area (TPSA) is 75.4 Å². The Hall–Kier alpha value is -2.04. The molecule has 0 radical (unpaired) electrons. The molecular formula is C14H21N3O2. The van der Waals surface area contributed by atoms with E-state index in [1.165, 1.54) is 6.92 Å². The van der Waals surface area contributed by atoms with Crippen molar-refractivity contribution in [2.24, 2.45) is 0 Å². The Bertz CT molecular complexity index is 472. The third-order valence-electron chi connectivity index (χ3n) is 2.81. The molecule has 104 valence electrons. The molecule has 0 aliphatic carbocycles. The van der Waals surface area contributed by atoms with Crippen LogP contribution >= 0.6 is 0 Å². The highest BCUT2D eigenvalue weighted by Crippen LogP contribution is 2.20. The first-order valence-electron chi connectivity index (χ1n) is 6.34. The number of carbonyl (C=O) groups is 2. The van der Waals surface area contributed by atoms with Crippen molar-refractivity contribution in [1.29, 1.82) is 0 Å². The average Bonchev–Trinajstić information content (AvgIpc) is 2.36. The number of amides is 1. The molecule has 0 aliphatic rings. The number of anilines is 2. The van der Waals surface area contributed by atoms with Crippen LogP contribution in [-0.2, 0) is 4.79 Å². The second kappa shape index (κ2) is 6.78. The van der Waals surface area contributed by atoms with Gasteiger partial charge in [0.25, 0.3) is 0 Å². The highest BCUT2D eigenvalue weighted by atomic mass is 16.2. The lowest BCUT2D eigenvalue weighted by Crippen LogP contribution is -2.35. The van der Waals surface area contributed by atoms with E-state index in [1.807, 2.05) is 6.92 Å². The smallest absolute Gasteiger partial charge is 0.239 e. The van der Waals surface area contributed by atoms with Gasteiger partial charge in [0, 0.05) is 30.5 Å². The van der Waals surface area contributed by atoms with Gasteiger partial charge in [-0.05, 0) is 31.5 Å². The Kier molecular flexibility index (Phi) is 5.36. The first-order valence-corrected chi connectivity index (χ1v) is 6.34. The third kappa shape index (κ3) is 4.28. The molecule has 0 aromatic heterocycles. The molecule has 3 N–H and O–H groups in total.